The monoisotopic (exact) mass is 391 g/mol. The van der Waals surface area contributed by atoms with Crippen molar-refractivity contribution in [2.45, 2.75) is 104 Å². The van der Waals surface area contributed by atoms with Gasteiger partial charge in [0.15, 0.2) is 0 Å². The first-order chi connectivity index (χ1) is 14.1. The van der Waals surface area contributed by atoms with E-state index in [0.29, 0.717) is 11.8 Å². The smallest absolute Gasteiger partial charge is 0.0472 e. The minimum atomic E-state index is 0.683. The van der Waals surface area contributed by atoms with Gasteiger partial charge in [-0.3, -0.25) is 4.98 Å². The molecule has 0 saturated heterocycles. The quantitative estimate of drug-likeness (QED) is 0.408. The number of allylic oxidation sites excluding steroid dienone is 4. The second-order valence-corrected chi connectivity index (χ2v) is 10.2. The second-order valence-electron chi connectivity index (χ2n) is 10.2. The summed E-state index contributed by atoms with van der Waals surface area (Å²) in [4.78, 5) is 4.99. The number of rotatable bonds is 8. The van der Waals surface area contributed by atoms with E-state index >= 15 is 0 Å². The molecular formula is C28H41N. The van der Waals surface area contributed by atoms with Gasteiger partial charge in [0, 0.05) is 17.3 Å². The standard InChI is InChI=1S/C28H41N/c1-5-22-14-10-16-25-26(17-21(4)29-28(22)25)20(3)12-6-8-13-23-18-27(23)24-15-9-7-11-19(24)2/h7,9,15,17,19-20,22-23,27H,5-6,8,10-14,16,18H2,1-4H3. The van der Waals surface area contributed by atoms with Gasteiger partial charge in [0.25, 0.3) is 0 Å². The highest BCUT2D eigenvalue weighted by Gasteiger charge is 2.40. The molecule has 158 valence electrons. The number of hydrogen-bond donors (Lipinski definition) is 0. The van der Waals surface area contributed by atoms with Crippen LogP contribution in [0.25, 0.3) is 0 Å². The van der Waals surface area contributed by atoms with Crippen molar-refractivity contribution in [1.82, 2.24) is 4.98 Å². The van der Waals surface area contributed by atoms with Crippen LogP contribution >= 0.6 is 0 Å². The number of fused-ring (bicyclic) bond motifs is 1. The highest BCUT2D eigenvalue weighted by atomic mass is 14.7. The van der Waals surface area contributed by atoms with Gasteiger partial charge in [0.05, 0.1) is 0 Å². The predicted octanol–water partition coefficient (Wildman–Crippen LogP) is 8.04. The molecule has 0 radical (unpaired) electrons. The molecule has 29 heavy (non-hydrogen) atoms. The van der Waals surface area contributed by atoms with Crippen LogP contribution in [0.1, 0.15) is 113 Å². The van der Waals surface area contributed by atoms with E-state index in [1.165, 1.54) is 75.6 Å². The topological polar surface area (TPSA) is 12.9 Å². The first-order valence-corrected chi connectivity index (χ1v) is 12.4. The molecule has 0 N–H and O–H groups in total. The van der Waals surface area contributed by atoms with Gasteiger partial charge in [-0.15, -0.1) is 0 Å². The average molecular weight is 392 g/mol. The summed E-state index contributed by atoms with van der Waals surface area (Å²) in [6.07, 6.45) is 20.5. The van der Waals surface area contributed by atoms with Gasteiger partial charge in [0.2, 0.25) is 0 Å². The molecule has 0 aliphatic heterocycles. The fourth-order valence-electron chi connectivity index (χ4n) is 6.10. The predicted molar refractivity (Wildman–Crippen MR) is 124 cm³/mol. The van der Waals surface area contributed by atoms with Crippen LogP contribution in [0, 0.1) is 24.7 Å². The maximum absolute atomic E-state index is 4.99. The van der Waals surface area contributed by atoms with E-state index in [4.69, 9.17) is 4.98 Å². The van der Waals surface area contributed by atoms with E-state index in [2.05, 4.69) is 52.0 Å². The fraction of sp³-hybridized carbons (Fsp3) is 0.679. The number of pyridine rings is 1. The van der Waals surface area contributed by atoms with Crippen molar-refractivity contribution in [2.24, 2.45) is 17.8 Å². The van der Waals surface area contributed by atoms with Gasteiger partial charge in [-0.05, 0) is 99.2 Å². The van der Waals surface area contributed by atoms with Crippen LogP contribution in [0.15, 0.2) is 29.9 Å². The molecule has 1 aromatic rings. The molecule has 3 aliphatic carbocycles. The molecule has 5 atom stereocenters. The Balaban J connectivity index is 1.29. The molecule has 0 aromatic carbocycles. The Bertz CT molecular complexity index is 771. The number of aromatic nitrogens is 1. The third kappa shape index (κ3) is 4.70. The van der Waals surface area contributed by atoms with E-state index in [1.54, 1.807) is 16.7 Å². The van der Waals surface area contributed by atoms with Gasteiger partial charge in [-0.25, -0.2) is 0 Å². The number of nitrogens with zero attached hydrogens (tertiary/aromatic N) is 1. The normalized spacial score (nSPS) is 29.3. The molecule has 0 spiro atoms. The molecule has 1 saturated carbocycles. The largest absolute Gasteiger partial charge is 0.258 e. The molecule has 5 unspecified atom stereocenters. The van der Waals surface area contributed by atoms with Crippen LogP contribution in [0.5, 0.6) is 0 Å². The van der Waals surface area contributed by atoms with Crippen molar-refractivity contribution in [1.29, 1.82) is 0 Å². The maximum atomic E-state index is 4.99. The van der Waals surface area contributed by atoms with Crippen molar-refractivity contribution in [3.05, 3.63) is 52.4 Å². The Morgan fingerprint density at radius 1 is 1.24 bits per heavy atom. The number of hydrogen-bond acceptors (Lipinski definition) is 1. The summed E-state index contributed by atoms with van der Waals surface area (Å²) in [6.45, 7) is 9.40. The highest BCUT2D eigenvalue weighted by Crippen LogP contribution is 2.50. The summed E-state index contributed by atoms with van der Waals surface area (Å²) < 4.78 is 0. The van der Waals surface area contributed by atoms with Crippen molar-refractivity contribution in [2.75, 3.05) is 0 Å². The van der Waals surface area contributed by atoms with E-state index in [9.17, 15) is 0 Å². The molecule has 1 nitrogen and oxygen atoms in total. The van der Waals surface area contributed by atoms with E-state index in [0.717, 1.165) is 17.8 Å². The Morgan fingerprint density at radius 3 is 2.90 bits per heavy atom. The third-order valence-electron chi connectivity index (χ3n) is 8.00. The first kappa shape index (κ1) is 20.9. The van der Waals surface area contributed by atoms with E-state index in [1.807, 2.05) is 0 Å². The minimum absolute atomic E-state index is 0.683. The fourth-order valence-corrected chi connectivity index (χ4v) is 6.10. The number of aryl methyl sites for hydroxylation is 1. The zero-order valence-electron chi connectivity index (χ0n) is 19.2. The lowest BCUT2D eigenvalue weighted by Crippen LogP contribution is -2.16. The summed E-state index contributed by atoms with van der Waals surface area (Å²) >= 11 is 0. The maximum Gasteiger partial charge on any atom is 0.0472 e. The molecule has 0 amide bonds. The first-order valence-electron chi connectivity index (χ1n) is 12.4. The van der Waals surface area contributed by atoms with Crippen LogP contribution in [-0.4, -0.2) is 4.98 Å². The Kier molecular flexibility index (Phi) is 6.62. The lowest BCUT2D eigenvalue weighted by atomic mass is 9.79. The van der Waals surface area contributed by atoms with Crippen LogP contribution in [0.3, 0.4) is 0 Å². The SMILES string of the molecule is CCC1CCCc2c(C(C)CCCCC3CC3C3=CC=CCC3C)cc(C)nc21. The van der Waals surface area contributed by atoms with Crippen LogP contribution in [-0.2, 0) is 6.42 Å². The Morgan fingerprint density at radius 2 is 2.10 bits per heavy atom. The van der Waals surface area contributed by atoms with Gasteiger partial charge in [0.1, 0.15) is 0 Å². The van der Waals surface area contributed by atoms with Gasteiger partial charge in [-0.1, -0.05) is 57.4 Å². The average Bonchev–Trinajstić information content (AvgIpc) is 3.49. The zero-order chi connectivity index (χ0) is 20.4. The molecule has 3 aliphatic rings. The summed E-state index contributed by atoms with van der Waals surface area (Å²) in [5, 5.41) is 0. The lowest BCUT2D eigenvalue weighted by molar-refractivity contribution is 0.508. The van der Waals surface area contributed by atoms with Crippen molar-refractivity contribution in [3.8, 4) is 0 Å². The van der Waals surface area contributed by atoms with Crippen molar-refractivity contribution >= 4 is 0 Å². The minimum Gasteiger partial charge on any atom is -0.258 e. The summed E-state index contributed by atoms with van der Waals surface area (Å²) in [5.74, 6) is 4.05. The molecule has 1 aromatic heterocycles. The summed E-state index contributed by atoms with van der Waals surface area (Å²) in [6, 6.07) is 2.41. The number of unbranched alkanes of at least 4 members (excludes halogenated alkanes) is 1. The lowest BCUT2D eigenvalue weighted by Gasteiger charge is -2.28. The molecule has 0 bridgehead atoms. The summed E-state index contributed by atoms with van der Waals surface area (Å²) in [7, 11) is 0. The van der Waals surface area contributed by atoms with Crippen LogP contribution in [0.4, 0.5) is 0 Å². The molecule has 1 fully saturated rings. The Hall–Kier alpha value is -1.37. The van der Waals surface area contributed by atoms with E-state index in [-0.39, 0.29) is 0 Å². The molecular weight excluding hydrogens is 350 g/mol. The van der Waals surface area contributed by atoms with Gasteiger partial charge < -0.3 is 0 Å². The molecule has 1 heterocycles. The van der Waals surface area contributed by atoms with E-state index < -0.39 is 0 Å². The van der Waals surface area contributed by atoms with Crippen molar-refractivity contribution in [3.63, 3.8) is 0 Å². The molecule has 1 heteroatoms. The third-order valence-corrected chi connectivity index (χ3v) is 8.00. The van der Waals surface area contributed by atoms with Gasteiger partial charge in [-0.2, -0.15) is 0 Å². The van der Waals surface area contributed by atoms with Crippen molar-refractivity contribution < 1.29 is 0 Å². The summed E-state index contributed by atoms with van der Waals surface area (Å²) in [5.41, 5.74) is 7.67. The second kappa shape index (κ2) is 9.19. The molecule has 4 rings (SSSR count). The van der Waals surface area contributed by atoms with Gasteiger partial charge >= 0.3 is 0 Å². The highest BCUT2D eigenvalue weighted by molar-refractivity contribution is 5.38. The Labute approximate surface area is 179 Å². The van der Waals surface area contributed by atoms with Crippen LogP contribution < -0.4 is 0 Å². The van der Waals surface area contributed by atoms with Crippen LogP contribution in [0.2, 0.25) is 0 Å². The zero-order valence-corrected chi connectivity index (χ0v) is 19.2.